The Morgan fingerprint density at radius 3 is 2.95 bits per heavy atom. The van der Waals surface area contributed by atoms with Crippen LogP contribution in [0.3, 0.4) is 0 Å². The van der Waals surface area contributed by atoms with Gasteiger partial charge in [0.1, 0.15) is 0 Å². The number of nitrogens with two attached hydrogens (primary N) is 1. The Balaban J connectivity index is 1.82. The fourth-order valence-corrected chi connectivity index (χ4v) is 2.85. The van der Waals surface area contributed by atoms with Crippen molar-refractivity contribution in [2.75, 3.05) is 44.9 Å². The van der Waals surface area contributed by atoms with E-state index in [1.807, 2.05) is 6.07 Å². The summed E-state index contributed by atoms with van der Waals surface area (Å²) in [5.41, 5.74) is 6.95. The molecule has 0 bridgehead atoms. The van der Waals surface area contributed by atoms with E-state index in [1.54, 1.807) is 0 Å². The second-order valence-corrected chi connectivity index (χ2v) is 5.22. The molecule has 1 aromatic carbocycles. The van der Waals surface area contributed by atoms with Crippen LogP contribution in [0.1, 0.15) is 6.42 Å². The number of piperazine rings is 1. The third-order valence-corrected chi connectivity index (χ3v) is 3.87. The lowest BCUT2D eigenvalue weighted by Crippen LogP contribution is -2.52. The van der Waals surface area contributed by atoms with Crippen LogP contribution < -0.4 is 20.1 Å². The van der Waals surface area contributed by atoms with Crippen LogP contribution in [0.5, 0.6) is 11.5 Å². The standard InChI is InChI=1S/C14H21N3O2/c1-16-6-7-17(12(9-16)4-5-15)11-2-3-13-14(8-11)19-10-18-13/h2-3,8,12H,4-7,9-10,15H2,1H3. The smallest absolute Gasteiger partial charge is 0.231 e. The zero-order chi connectivity index (χ0) is 13.2. The molecule has 1 unspecified atom stereocenters. The molecular weight excluding hydrogens is 242 g/mol. The maximum absolute atomic E-state index is 5.75. The molecule has 0 spiro atoms. The molecule has 1 saturated heterocycles. The minimum absolute atomic E-state index is 0.327. The van der Waals surface area contributed by atoms with Gasteiger partial charge in [0.05, 0.1) is 0 Å². The first-order valence-corrected chi connectivity index (χ1v) is 6.83. The first-order valence-electron chi connectivity index (χ1n) is 6.83. The maximum atomic E-state index is 5.75. The molecule has 0 saturated carbocycles. The highest BCUT2D eigenvalue weighted by molar-refractivity contribution is 5.58. The number of likely N-dealkylation sites (N-methyl/N-ethyl adjacent to an activating group) is 1. The molecule has 0 aromatic heterocycles. The van der Waals surface area contributed by atoms with E-state index in [2.05, 4.69) is 29.0 Å². The molecule has 2 N–H and O–H groups in total. The van der Waals surface area contributed by atoms with Crippen LogP contribution in [-0.2, 0) is 0 Å². The largest absolute Gasteiger partial charge is 0.454 e. The van der Waals surface area contributed by atoms with Gasteiger partial charge < -0.3 is 25.0 Å². The number of hydrogen-bond acceptors (Lipinski definition) is 5. The van der Waals surface area contributed by atoms with Crippen molar-refractivity contribution in [3.05, 3.63) is 18.2 Å². The highest BCUT2D eigenvalue weighted by Gasteiger charge is 2.26. The summed E-state index contributed by atoms with van der Waals surface area (Å²) in [6, 6.07) is 6.67. The van der Waals surface area contributed by atoms with Gasteiger partial charge in [-0.15, -0.1) is 0 Å². The van der Waals surface area contributed by atoms with Crippen LogP contribution in [0.15, 0.2) is 18.2 Å². The molecule has 5 heteroatoms. The molecule has 2 heterocycles. The molecule has 19 heavy (non-hydrogen) atoms. The van der Waals surface area contributed by atoms with Crippen molar-refractivity contribution in [2.45, 2.75) is 12.5 Å². The molecular formula is C14H21N3O2. The number of benzene rings is 1. The summed E-state index contributed by atoms with van der Waals surface area (Å²) in [5, 5.41) is 0. The van der Waals surface area contributed by atoms with Gasteiger partial charge in [0, 0.05) is 37.4 Å². The fourth-order valence-electron chi connectivity index (χ4n) is 2.85. The van der Waals surface area contributed by atoms with E-state index >= 15 is 0 Å². The topological polar surface area (TPSA) is 51.0 Å². The molecule has 0 amide bonds. The Hall–Kier alpha value is -1.46. The van der Waals surface area contributed by atoms with Gasteiger partial charge in [-0.05, 0) is 32.1 Å². The Labute approximate surface area is 113 Å². The quantitative estimate of drug-likeness (QED) is 0.877. The van der Waals surface area contributed by atoms with E-state index < -0.39 is 0 Å². The van der Waals surface area contributed by atoms with E-state index in [9.17, 15) is 0 Å². The fraction of sp³-hybridized carbons (Fsp3) is 0.571. The van der Waals surface area contributed by atoms with Crippen molar-refractivity contribution < 1.29 is 9.47 Å². The summed E-state index contributed by atoms with van der Waals surface area (Å²) in [6.07, 6.45) is 1.01. The normalized spacial score (nSPS) is 22.8. The molecule has 2 aliphatic rings. The van der Waals surface area contributed by atoms with Crippen molar-refractivity contribution in [1.29, 1.82) is 0 Å². The van der Waals surface area contributed by atoms with Crippen molar-refractivity contribution in [1.82, 2.24) is 4.90 Å². The van der Waals surface area contributed by atoms with Crippen molar-refractivity contribution in [2.24, 2.45) is 5.73 Å². The average Bonchev–Trinajstić information content (AvgIpc) is 2.86. The van der Waals surface area contributed by atoms with E-state index in [1.165, 1.54) is 5.69 Å². The van der Waals surface area contributed by atoms with Crippen LogP contribution in [0.2, 0.25) is 0 Å². The number of nitrogens with zero attached hydrogens (tertiary/aromatic N) is 2. The summed E-state index contributed by atoms with van der Waals surface area (Å²) < 4.78 is 10.8. The monoisotopic (exact) mass is 263 g/mol. The molecule has 5 nitrogen and oxygen atoms in total. The Kier molecular flexibility index (Phi) is 3.48. The van der Waals surface area contributed by atoms with E-state index in [4.69, 9.17) is 15.2 Å². The van der Waals surface area contributed by atoms with Crippen LogP contribution in [0.25, 0.3) is 0 Å². The molecule has 1 aromatic rings. The van der Waals surface area contributed by atoms with Crippen molar-refractivity contribution in [3.8, 4) is 11.5 Å². The van der Waals surface area contributed by atoms with Crippen molar-refractivity contribution >= 4 is 5.69 Å². The van der Waals surface area contributed by atoms with Crippen LogP contribution in [0.4, 0.5) is 5.69 Å². The summed E-state index contributed by atoms with van der Waals surface area (Å²) in [6.45, 7) is 4.22. The predicted octanol–water partition coefficient (Wildman–Crippen LogP) is 0.884. The average molecular weight is 263 g/mol. The van der Waals surface area contributed by atoms with Gasteiger partial charge in [-0.3, -0.25) is 0 Å². The van der Waals surface area contributed by atoms with Gasteiger partial charge >= 0.3 is 0 Å². The van der Waals surface area contributed by atoms with Gasteiger partial charge in [-0.1, -0.05) is 0 Å². The van der Waals surface area contributed by atoms with Gasteiger partial charge in [0.25, 0.3) is 0 Å². The van der Waals surface area contributed by atoms with Crippen LogP contribution >= 0.6 is 0 Å². The Morgan fingerprint density at radius 2 is 2.11 bits per heavy atom. The third-order valence-electron chi connectivity index (χ3n) is 3.87. The number of ether oxygens (including phenoxy) is 2. The number of rotatable bonds is 3. The van der Waals surface area contributed by atoms with E-state index in [-0.39, 0.29) is 0 Å². The minimum Gasteiger partial charge on any atom is -0.454 e. The molecule has 104 valence electrons. The lowest BCUT2D eigenvalue weighted by molar-refractivity contribution is 0.174. The summed E-state index contributed by atoms with van der Waals surface area (Å²) in [5.74, 6) is 1.69. The van der Waals surface area contributed by atoms with Gasteiger partial charge in [0.2, 0.25) is 6.79 Å². The molecule has 1 atom stereocenters. The predicted molar refractivity (Wildman–Crippen MR) is 74.9 cm³/mol. The van der Waals surface area contributed by atoms with Gasteiger partial charge in [-0.25, -0.2) is 0 Å². The highest BCUT2D eigenvalue weighted by atomic mass is 16.7. The van der Waals surface area contributed by atoms with Crippen molar-refractivity contribution in [3.63, 3.8) is 0 Å². The minimum atomic E-state index is 0.327. The van der Waals surface area contributed by atoms with Crippen LogP contribution in [0, 0.1) is 0 Å². The van der Waals surface area contributed by atoms with Gasteiger partial charge in [-0.2, -0.15) is 0 Å². The second kappa shape index (κ2) is 5.27. The zero-order valence-corrected chi connectivity index (χ0v) is 11.3. The lowest BCUT2D eigenvalue weighted by Gasteiger charge is -2.41. The number of anilines is 1. The third kappa shape index (κ3) is 2.48. The SMILES string of the molecule is CN1CCN(c2ccc3c(c2)OCO3)C(CCN)C1. The maximum Gasteiger partial charge on any atom is 0.231 e. The molecule has 0 aliphatic carbocycles. The van der Waals surface area contributed by atoms with Crippen LogP contribution in [-0.4, -0.2) is 51.0 Å². The second-order valence-electron chi connectivity index (χ2n) is 5.22. The highest BCUT2D eigenvalue weighted by Crippen LogP contribution is 2.36. The molecule has 2 aliphatic heterocycles. The van der Waals surface area contributed by atoms with E-state index in [0.29, 0.717) is 12.8 Å². The zero-order valence-electron chi connectivity index (χ0n) is 11.3. The first kappa shape index (κ1) is 12.6. The molecule has 0 radical (unpaired) electrons. The number of fused-ring (bicyclic) bond motifs is 1. The Morgan fingerprint density at radius 1 is 1.26 bits per heavy atom. The molecule has 1 fully saturated rings. The summed E-state index contributed by atoms with van der Waals surface area (Å²) >= 11 is 0. The first-order chi connectivity index (χ1) is 9.28. The Bertz CT molecular complexity index is 452. The lowest BCUT2D eigenvalue weighted by atomic mass is 10.1. The summed E-state index contributed by atoms with van der Waals surface area (Å²) in [7, 11) is 2.17. The van der Waals surface area contributed by atoms with Gasteiger partial charge in [0.15, 0.2) is 11.5 Å². The number of hydrogen-bond donors (Lipinski definition) is 1. The summed E-state index contributed by atoms with van der Waals surface area (Å²) in [4.78, 5) is 4.80. The molecule has 3 rings (SSSR count). The van der Waals surface area contributed by atoms with E-state index in [0.717, 1.165) is 44.1 Å².